The van der Waals surface area contributed by atoms with Crippen LogP contribution in [0.4, 0.5) is 5.69 Å². The lowest BCUT2D eigenvalue weighted by Gasteiger charge is -2.01. The SMILES string of the molecule is CCCCOC(=O)c1n[nH]c2ccc(N)cc12. The number of rotatable bonds is 4. The van der Waals surface area contributed by atoms with Gasteiger partial charge in [-0.2, -0.15) is 5.10 Å². The number of nitrogen functional groups attached to an aromatic ring is 1. The molecule has 17 heavy (non-hydrogen) atoms. The fourth-order valence-corrected chi connectivity index (χ4v) is 1.56. The van der Waals surface area contributed by atoms with Gasteiger partial charge in [0.2, 0.25) is 0 Å². The van der Waals surface area contributed by atoms with Gasteiger partial charge in [-0.15, -0.1) is 0 Å². The molecule has 5 nitrogen and oxygen atoms in total. The van der Waals surface area contributed by atoms with Crippen LogP contribution in [0.25, 0.3) is 10.9 Å². The molecule has 0 aliphatic carbocycles. The zero-order valence-corrected chi connectivity index (χ0v) is 9.69. The number of unbranched alkanes of at least 4 members (excludes halogenated alkanes) is 1. The summed E-state index contributed by atoms with van der Waals surface area (Å²) in [5.41, 5.74) is 7.35. The molecule has 0 unspecified atom stereocenters. The minimum Gasteiger partial charge on any atom is -0.461 e. The van der Waals surface area contributed by atoms with Crippen LogP contribution in [0.3, 0.4) is 0 Å². The van der Waals surface area contributed by atoms with E-state index < -0.39 is 5.97 Å². The normalized spacial score (nSPS) is 10.6. The summed E-state index contributed by atoms with van der Waals surface area (Å²) in [5, 5.41) is 7.44. The summed E-state index contributed by atoms with van der Waals surface area (Å²) in [6, 6.07) is 5.27. The molecular formula is C12H15N3O2. The van der Waals surface area contributed by atoms with Gasteiger partial charge in [-0.05, 0) is 24.6 Å². The van der Waals surface area contributed by atoms with Crippen molar-refractivity contribution in [3.8, 4) is 0 Å². The zero-order valence-electron chi connectivity index (χ0n) is 9.69. The first-order chi connectivity index (χ1) is 8.22. The van der Waals surface area contributed by atoms with Crippen molar-refractivity contribution >= 4 is 22.6 Å². The molecular weight excluding hydrogens is 218 g/mol. The molecule has 0 aliphatic rings. The number of esters is 1. The van der Waals surface area contributed by atoms with Gasteiger partial charge in [0.15, 0.2) is 5.69 Å². The number of carbonyl (C=O) groups is 1. The van der Waals surface area contributed by atoms with Crippen LogP contribution in [0.15, 0.2) is 18.2 Å². The van der Waals surface area contributed by atoms with Crippen molar-refractivity contribution in [2.75, 3.05) is 12.3 Å². The standard InChI is InChI=1S/C12H15N3O2/c1-2-3-6-17-12(16)11-9-7-8(13)4-5-10(9)14-15-11/h4-5,7H,2-3,6,13H2,1H3,(H,14,15). The van der Waals surface area contributed by atoms with E-state index in [-0.39, 0.29) is 0 Å². The lowest BCUT2D eigenvalue weighted by molar-refractivity contribution is 0.0495. The van der Waals surface area contributed by atoms with Gasteiger partial charge in [-0.1, -0.05) is 13.3 Å². The Hall–Kier alpha value is -2.04. The number of nitrogens with one attached hydrogen (secondary N) is 1. The Bertz CT molecular complexity index is 534. The third-order valence-electron chi connectivity index (χ3n) is 2.51. The smallest absolute Gasteiger partial charge is 0.359 e. The van der Waals surface area contributed by atoms with Gasteiger partial charge in [0.25, 0.3) is 0 Å². The predicted octanol–water partition coefficient (Wildman–Crippen LogP) is 2.10. The first kappa shape index (κ1) is 11.4. The van der Waals surface area contributed by atoms with Crippen LogP contribution in [0.2, 0.25) is 0 Å². The maximum Gasteiger partial charge on any atom is 0.359 e. The molecule has 0 radical (unpaired) electrons. The van der Waals surface area contributed by atoms with Crippen molar-refractivity contribution in [3.63, 3.8) is 0 Å². The quantitative estimate of drug-likeness (QED) is 0.481. The summed E-state index contributed by atoms with van der Waals surface area (Å²) in [6.07, 6.45) is 1.85. The summed E-state index contributed by atoms with van der Waals surface area (Å²) in [4.78, 5) is 11.8. The fourth-order valence-electron chi connectivity index (χ4n) is 1.56. The van der Waals surface area contributed by atoms with Gasteiger partial charge >= 0.3 is 5.97 Å². The average molecular weight is 233 g/mol. The highest BCUT2D eigenvalue weighted by molar-refractivity contribution is 6.02. The van der Waals surface area contributed by atoms with Crippen molar-refractivity contribution in [2.45, 2.75) is 19.8 Å². The molecule has 0 aliphatic heterocycles. The van der Waals surface area contributed by atoms with E-state index >= 15 is 0 Å². The maximum absolute atomic E-state index is 11.8. The topological polar surface area (TPSA) is 81.0 Å². The fraction of sp³-hybridized carbons (Fsp3) is 0.333. The Morgan fingerprint density at radius 1 is 1.53 bits per heavy atom. The second-order valence-electron chi connectivity index (χ2n) is 3.87. The number of hydrogen-bond donors (Lipinski definition) is 2. The summed E-state index contributed by atoms with van der Waals surface area (Å²) in [7, 11) is 0. The monoisotopic (exact) mass is 233 g/mol. The van der Waals surface area contributed by atoms with Crippen molar-refractivity contribution < 1.29 is 9.53 Å². The van der Waals surface area contributed by atoms with E-state index in [0.29, 0.717) is 23.4 Å². The molecule has 0 fully saturated rings. The van der Waals surface area contributed by atoms with Crippen LogP contribution in [-0.4, -0.2) is 22.8 Å². The van der Waals surface area contributed by atoms with E-state index in [1.807, 2.05) is 6.92 Å². The third kappa shape index (κ3) is 2.38. The molecule has 0 amide bonds. The molecule has 1 aromatic heterocycles. The van der Waals surface area contributed by atoms with Gasteiger partial charge in [0.1, 0.15) is 0 Å². The summed E-state index contributed by atoms with van der Waals surface area (Å²) >= 11 is 0. The number of carbonyl (C=O) groups excluding carboxylic acids is 1. The molecule has 2 rings (SSSR count). The Labute approximate surface area is 98.9 Å². The Morgan fingerprint density at radius 2 is 2.35 bits per heavy atom. The summed E-state index contributed by atoms with van der Waals surface area (Å²) in [6.45, 7) is 2.46. The largest absolute Gasteiger partial charge is 0.461 e. The second kappa shape index (κ2) is 4.86. The predicted molar refractivity (Wildman–Crippen MR) is 65.7 cm³/mol. The molecule has 0 bridgehead atoms. The van der Waals surface area contributed by atoms with E-state index in [1.54, 1.807) is 18.2 Å². The van der Waals surface area contributed by atoms with Gasteiger partial charge in [0, 0.05) is 11.1 Å². The Balaban J connectivity index is 2.23. The Morgan fingerprint density at radius 3 is 3.12 bits per heavy atom. The number of nitrogens with zero attached hydrogens (tertiary/aromatic N) is 1. The number of H-pyrrole nitrogens is 1. The van der Waals surface area contributed by atoms with Crippen molar-refractivity contribution in [1.82, 2.24) is 10.2 Å². The van der Waals surface area contributed by atoms with Gasteiger partial charge in [0.05, 0.1) is 12.1 Å². The molecule has 0 saturated carbocycles. The van der Waals surface area contributed by atoms with Gasteiger partial charge in [-0.3, -0.25) is 5.10 Å². The van der Waals surface area contributed by atoms with E-state index in [4.69, 9.17) is 10.5 Å². The van der Waals surface area contributed by atoms with Gasteiger partial charge in [-0.25, -0.2) is 4.79 Å². The number of fused-ring (bicyclic) bond motifs is 1. The van der Waals surface area contributed by atoms with Gasteiger partial charge < -0.3 is 10.5 Å². The molecule has 90 valence electrons. The van der Waals surface area contributed by atoms with E-state index in [2.05, 4.69) is 10.2 Å². The number of nitrogens with two attached hydrogens (primary N) is 1. The molecule has 1 heterocycles. The van der Waals surface area contributed by atoms with Crippen LogP contribution in [0.1, 0.15) is 30.3 Å². The van der Waals surface area contributed by atoms with Crippen LogP contribution in [0, 0.1) is 0 Å². The molecule has 0 spiro atoms. The summed E-state index contributed by atoms with van der Waals surface area (Å²) < 4.78 is 5.11. The van der Waals surface area contributed by atoms with Crippen molar-refractivity contribution in [1.29, 1.82) is 0 Å². The van der Waals surface area contributed by atoms with Crippen LogP contribution < -0.4 is 5.73 Å². The number of hydrogen-bond acceptors (Lipinski definition) is 4. The van der Waals surface area contributed by atoms with Crippen LogP contribution in [-0.2, 0) is 4.74 Å². The number of anilines is 1. The molecule has 1 aromatic carbocycles. The average Bonchev–Trinajstić information content (AvgIpc) is 2.72. The Kier molecular flexibility index (Phi) is 3.27. The minimum absolute atomic E-state index is 0.295. The highest BCUT2D eigenvalue weighted by Crippen LogP contribution is 2.19. The van der Waals surface area contributed by atoms with E-state index in [0.717, 1.165) is 18.4 Å². The van der Waals surface area contributed by atoms with E-state index in [1.165, 1.54) is 0 Å². The molecule has 2 aromatic rings. The first-order valence-corrected chi connectivity index (χ1v) is 5.63. The highest BCUT2D eigenvalue weighted by Gasteiger charge is 2.15. The molecule has 0 atom stereocenters. The van der Waals surface area contributed by atoms with Crippen LogP contribution in [0.5, 0.6) is 0 Å². The second-order valence-corrected chi connectivity index (χ2v) is 3.87. The lowest BCUT2D eigenvalue weighted by Crippen LogP contribution is -2.07. The highest BCUT2D eigenvalue weighted by atomic mass is 16.5. The molecule has 5 heteroatoms. The number of aromatic nitrogens is 2. The molecule has 3 N–H and O–H groups in total. The van der Waals surface area contributed by atoms with E-state index in [9.17, 15) is 4.79 Å². The minimum atomic E-state index is -0.407. The van der Waals surface area contributed by atoms with Crippen molar-refractivity contribution in [3.05, 3.63) is 23.9 Å². The zero-order chi connectivity index (χ0) is 12.3. The third-order valence-corrected chi connectivity index (χ3v) is 2.51. The number of aromatic amines is 1. The first-order valence-electron chi connectivity index (χ1n) is 5.63. The maximum atomic E-state index is 11.8. The number of ether oxygens (including phenoxy) is 1. The number of benzene rings is 1. The summed E-state index contributed by atoms with van der Waals surface area (Å²) in [5.74, 6) is -0.407. The van der Waals surface area contributed by atoms with Crippen LogP contribution >= 0.6 is 0 Å². The van der Waals surface area contributed by atoms with Crippen molar-refractivity contribution in [2.24, 2.45) is 0 Å². The lowest BCUT2D eigenvalue weighted by atomic mass is 10.2. The molecule has 0 saturated heterocycles.